The fourth-order valence-corrected chi connectivity index (χ4v) is 0.697. The Kier molecular flexibility index (Phi) is 11.3. The van der Waals surface area contributed by atoms with Crippen LogP contribution in [-0.4, -0.2) is 42.9 Å². The lowest BCUT2D eigenvalue weighted by atomic mass is 10.1. The number of hydrogen-bond donors (Lipinski definition) is 4. The van der Waals surface area contributed by atoms with Crippen LogP contribution >= 0.6 is 0 Å². The van der Waals surface area contributed by atoms with Crippen molar-refractivity contribution >= 4 is 18.2 Å². The summed E-state index contributed by atoms with van der Waals surface area (Å²) in [6.07, 6.45) is 0.843. The van der Waals surface area contributed by atoms with Gasteiger partial charge in [0.25, 0.3) is 0 Å². The Balaban J connectivity index is 0. The normalized spacial score (nSPS) is 10.8. The van der Waals surface area contributed by atoms with Crippen LogP contribution in [0.1, 0.15) is 12.8 Å². The number of carboxylic acids is 1. The second-order valence-corrected chi connectivity index (χ2v) is 2.58. The number of rotatable bonds is 6. The number of aliphatic carboxylic acids is 1. The van der Waals surface area contributed by atoms with Gasteiger partial charge in [-0.3, -0.25) is 9.59 Å². The summed E-state index contributed by atoms with van der Waals surface area (Å²) < 4.78 is 0. The van der Waals surface area contributed by atoms with Gasteiger partial charge in [-0.15, -0.1) is 0 Å². The molecule has 0 heterocycles. The van der Waals surface area contributed by atoms with E-state index in [1.165, 1.54) is 0 Å². The molecule has 0 aliphatic heterocycles. The quantitative estimate of drug-likeness (QED) is 0.384. The van der Waals surface area contributed by atoms with E-state index < -0.39 is 17.9 Å². The molecular formula is C8H17N3O4. The van der Waals surface area contributed by atoms with Crippen LogP contribution in [0.15, 0.2) is 0 Å². The van der Waals surface area contributed by atoms with Crippen molar-refractivity contribution in [1.82, 2.24) is 5.32 Å². The van der Waals surface area contributed by atoms with Crippen molar-refractivity contribution in [3.8, 4) is 0 Å². The highest BCUT2D eigenvalue weighted by Crippen LogP contribution is 1.95. The fourth-order valence-electron chi connectivity index (χ4n) is 0.697. The van der Waals surface area contributed by atoms with E-state index in [2.05, 4.69) is 11.1 Å². The Morgan fingerprint density at radius 3 is 2.20 bits per heavy atom. The molecule has 0 aliphatic rings. The zero-order valence-electron chi connectivity index (χ0n) is 8.60. The molecular weight excluding hydrogens is 202 g/mol. The zero-order chi connectivity index (χ0) is 12.3. The first-order chi connectivity index (χ1) is 6.99. The Bertz CT molecular complexity index is 208. The van der Waals surface area contributed by atoms with Crippen LogP contribution < -0.4 is 16.8 Å². The van der Waals surface area contributed by atoms with E-state index in [1.54, 1.807) is 7.05 Å². The van der Waals surface area contributed by atoms with Gasteiger partial charge in [0.15, 0.2) is 0 Å². The van der Waals surface area contributed by atoms with Gasteiger partial charge in [0.05, 0.1) is 6.04 Å². The van der Waals surface area contributed by atoms with E-state index in [0.717, 1.165) is 0 Å². The van der Waals surface area contributed by atoms with Crippen LogP contribution in [0.3, 0.4) is 0 Å². The van der Waals surface area contributed by atoms with Gasteiger partial charge in [-0.1, -0.05) is 0 Å². The van der Waals surface area contributed by atoms with Crippen molar-refractivity contribution in [2.45, 2.75) is 18.9 Å². The maximum Gasteiger partial charge on any atom is 0.303 e. The summed E-state index contributed by atoms with van der Waals surface area (Å²) in [7, 11) is 1.57. The number of aldehydes is 1. The second-order valence-electron chi connectivity index (χ2n) is 2.58. The molecule has 0 bridgehead atoms. The first kappa shape index (κ1) is 16.0. The summed E-state index contributed by atoms with van der Waals surface area (Å²) in [6, 6.07) is -0.536. The molecule has 0 unspecified atom stereocenters. The minimum Gasteiger partial charge on any atom is -0.481 e. The molecule has 1 amide bonds. The van der Waals surface area contributed by atoms with Crippen molar-refractivity contribution in [2.75, 3.05) is 13.6 Å². The van der Waals surface area contributed by atoms with Gasteiger partial charge in [0, 0.05) is 13.0 Å². The van der Waals surface area contributed by atoms with E-state index in [4.69, 9.17) is 15.6 Å². The maximum absolute atomic E-state index is 10.5. The highest BCUT2D eigenvalue weighted by atomic mass is 16.4. The topological polar surface area (TPSA) is 136 Å². The standard InChI is InChI=1S/C6H12N2O3.C2H5NO/c1-8-4(6(7)11)2-3-5(9)10;3-1-2-4/h4,8H,2-3H2,1H3,(H2,7,11)(H,9,10);2H,1,3H2/t4-;/m0./s1. The fraction of sp³-hybridized carbons (Fsp3) is 0.625. The van der Waals surface area contributed by atoms with Gasteiger partial charge < -0.3 is 26.7 Å². The van der Waals surface area contributed by atoms with Crippen LogP contribution in [0.4, 0.5) is 0 Å². The first-order valence-corrected chi connectivity index (χ1v) is 4.31. The summed E-state index contributed by atoms with van der Waals surface area (Å²) in [5.74, 6) is -1.44. The molecule has 1 atom stereocenters. The molecule has 0 fully saturated rings. The van der Waals surface area contributed by atoms with E-state index in [-0.39, 0.29) is 19.4 Å². The lowest BCUT2D eigenvalue weighted by Crippen LogP contribution is -2.39. The number of likely N-dealkylation sites (N-methyl/N-ethyl adjacent to an activating group) is 1. The average Bonchev–Trinajstić information content (AvgIpc) is 2.18. The predicted molar refractivity (Wildman–Crippen MR) is 54.0 cm³/mol. The van der Waals surface area contributed by atoms with Crippen molar-refractivity contribution in [3.63, 3.8) is 0 Å². The number of nitrogens with one attached hydrogen (secondary N) is 1. The van der Waals surface area contributed by atoms with Gasteiger partial charge in [0.2, 0.25) is 5.91 Å². The summed E-state index contributed by atoms with van der Waals surface area (Å²) in [5.41, 5.74) is 9.60. The molecule has 0 spiro atoms. The van der Waals surface area contributed by atoms with Gasteiger partial charge >= 0.3 is 5.97 Å². The molecule has 0 saturated carbocycles. The summed E-state index contributed by atoms with van der Waals surface area (Å²) in [6.45, 7) is 0.139. The Hall–Kier alpha value is -1.47. The molecule has 15 heavy (non-hydrogen) atoms. The third-order valence-electron chi connectivity index (χ3n) is 1.44. The average molecular weight is 219 g/mol. The molecule has 0 radical (unpaired) electrons. The van der Waals surface area contributed by atoms with E-state index in [1.807, 2.05) is 0 Å². The first-order valence-electron chi connectivity index (χ1n) is 4.31. The number of carbonyl (C=O) groups excluding carboxylic acids is 2. The van der Waals surface area contributed by atoms with Crippen molar-refractivity contribution in [3.05, 3.63) is 0 Å². The molecule has 7 nitrogen and oxygen atoms in total. The molecule has 0 saturated heterocycles. The largest absolute Gasteiger partial charge is 0.481 e. The van der Waals surface area contributed by atoms with Crippen LogP contribution in [0.25, 0.3) is 0 Å². The number of hydrogen-bond acceptors (Lipinski definition) is 5. The van der Waals surface area contributed by atoms with Crippen LogP contribution in [0.5, 0.6) is 0 Å². The minimum atomic E-state index is -0.925. The van der Waals surface area contributed by atoms with Gasteiger partial charge in [-0.05, 0) is 13.5 Å². The zero-order valence-corrected chi connectivity index (χ0v) is 8.60. The predicted octanol–water partition coefficient (Wildman–Crippen LogP) is -1.93. The number of amides is 1. The molecule has 0 aromatic heterocycles. The van der Waals surface area contributed by atoms with Crippen LogP contribution in [-0.2, 0) is 14.4 Å². The molecule has 6 N–H and O–H groups in total. The van der Waals surface area contributed by atoms with Gasteiger partial charge in [0.1, 0.15) is 6.29 Å². The van der Waals surface area contributed by atoms with Gasteiger partial charge in [-0.25, -0.2) is 0 Å². The number of carbonyl (C=O) groups is 3. The minimum absolute atomic E-state index is 0.0472. The Morgan fingerprint density at radius 1 is 1.53 bits per heavy atom. The molecule has 7 heteroatoms. The highest BCUT2D eigenvalue weighted by Gasteiger charge is 2.13. The van der Waals surface area contributed by atoms with Gasteiger partial charge in [-0.2, -0.15) is 0 Å². The number of nitrogens with two attached hydrogens (primary N) is 2. The van der Waals surface area contributed by atoms with Crippen molar-refractivity contribution in [2.24, 2.45) is 11.5 Å². The van der Waals surface area contributed by atoms with E-state index in [0.29, 0.717) is 6.29 Å². The lowest BCUT2D eigenvalue weighted by molar-refractivity contribution is -0.137. The second kappa shape index (κ2) is 10.6. The molecule has 0 aromatic carbocycles. The Labute approximate surface area is 87.8 Å². The third-order valence-corrected chi connectivity index (χ3v) is 1.44. The molecule has 0 aliphatic carbocycles. The smallest absolute Gasteiger partial charge is 0.303 e. The summed E-state index contributed by atoms with van der Waals surface area (Å²) in [4.78, 5) is 29.6. The SMILES string of the molecule is CN[C@@H](CCC(=O)O)C(N)=O.NCC=O. The highest BCUT2D eigenvalue weighted by molar-refractivity contribution is 5.80. The van der Waals surface area contributed by atoms with E-state index in [9.17, 15) is 9.59 Å². The maximum atomic E-state index is 10.5. The third kappa shape index (κ3) is 12.5. The van der Waals surface area contributed by atoms with Crippen molar-refractivity contribution in [1.29, 1.82) is 0 Å². The number of primary amides is 1. The van der Waals surface area contributed by atoms with Crippen molar-refractivity contribution < 1.29 is 19.5 Å². The van der Waals surface area contributed by atoms with E-state index >= 15 is 0 Å². The van der Waals surface area contributed by atoms with Crippen LogP contribution in [0.2, 0.25) is 0 Å². The molecule has 88 valence electrons. The Morgan fingerprint density at radius 2 is 2.00 bits per heavy atom. The summed E-state index contributed by atoms with van der Waals surface area (Å²) >= 11 is 0. The summed E-state index contributed by atoms with van der Waals surface area (Å²) in [5, 5.41) is 10.9. The monoisotopic (exact) mass is 219 g/mol. The molecule has 0 rings (SSSR count). The lowest BCUT2D eigenvalue weighted by Gasteiger charge is -2.09. The van der Waals surface area contributed by atoms with Crippen LogP contribution in [0, 0.1) is 0 Å². The number of carboxylic acid groups (broad SMARTS) is 1. The molecule has 0 aromatic rings.